The summed E-state index contributed by atoms with van der Waals surface area (Å²) in [6, 6.07) is 4.50. The molecule has 1 saturated heterocycles. The van der Waals surface area contributed by atoms with E-state index in [0.717, 1.165) is 19.0 Å². The van der Waals surface area contributed by atoms with E-state index >= 15 is 0 Å². The summed E-state index contributed by atoms with van der Waals surface area (Å²) in [6.07, 6.45) is 1.36. The maximum absolute atomic E-state index is 3.45. The highest BCUT2D eigenvalue weighted by atomic mass is 32.1. The van der Waals surface area contributed by atoms with Crippen LogP contribution in [0.1, 0.15) is 23.1 Å². The SMILES string of the molecule is CCNCC1CCN(Cc2ccc(C)s2)C1. The molecule has 0 aromatic carbocycles. The van der Waals surface area contributed by atoms with Crippen molar-refractivity contribution in [2.75, 3.05) is 26.2 Å². The van der Waals surface area contributed by atoms with E-state index in [1.54, 1.807) is 0 Å². The van der Waals surface area contributed by atoms with E-state index in [4.69, 9.17) is 0 Å². The molecule has 0 spiro atoms. The predicted octanol–water partition coefficient (Wildman–Crippen LogP) is 2.49. The molecule has 1 N–H and O–H groups in total. The van der Waals surface area contributed by atoms with Gasteiger partial charge in [-0.2, -0.15) is 0 Å². The average molecular weight is 238 g/mol. The Bertz CT molecular complexity index is 321. The van der Waals surface area contributed by atoms with Gasteiger partial charge in [-0.25, -0.2) is 0 Å². The van der Waals surface area contributed by atoms with Gasteiger partial charge in [0.05, 0.1) is 0 Å². The highest BCUT2D eigenvalue weighted by Gasteiger charge is 2.21. The fourth-order valence-corrected chi connectivity index (χ4v) is 3.29. The average Bonchev–Trinajstić information content (AvgIpc) is 2.86. The Balaban J connectivity index is 1.76. The minimum absolute atomic E-state index is 0.862. The van der Waals surface area contributed by atoms with E-state index in [9.17, 15) is 0 Å². The van der Waals surface area contributed by atoms with Crippen molar-refractivity contribution in [3.05, 3.63) is 21.9 Å². The van der Waals surface area contributed by atoms with Crippen LogP contribution < -0.4 is 5.32 Å². The van der Waals surface area contributed by atoms with Crippen molar-refractivity contribution >= 4 is 11.3 Å². The zero-order valence-electron chi connectivity index (χ0n) is 10.3. The van der Waals surface area contributed by atoms with E-state index in [1.165, 1.54) is 35.8 Å². The van der Waals surface area contributed by atoms with Gasteiger partial charge < -0.3 is 5.32 Å². The highest BCUT2D eigenvalue weighted by molar-refractivity contribution is 7.11. The first-order valence-corrected chi connectivity index (χ1v) is 7.08. The lowest BCUT2D eigenvalue weighted by atomic mass is 10.1. The maximum Gasteiger partial charge on any atom is 0.0328 e. The third-order valence-corrected chi connectivity index (χ3v) is 4.21. The molecule has 0 amide bonds. The fourth-order valence-electron chi connectivity index (χ4n) is 2.36. The van der Waals surface area contributed by atoms with Crippen molar-refractivity contribution in [2.24, 2.45) is 5.92 Å². The number of nitrogens with one attached hydrogen (secondary N) is 1. The zero-order valence-corrected chi connectivity index (χ0v) is 11.1. The second-order valence-corrected chi connectivity index (χ2v) is 6.08. The summed E-state index contributed by atoms with van der Waals surface area (Å²) in [5.41, 5.74) is 0. The molecule has 0 bridgehead atoms. The van der Waals surface area contributed by atoms with Crippen LogP contribution in [0.4, 0.5) is 0 Å². The number of hydrogen-bond donors (Lipinski definition) is 1. The number of hydrogen-bond acceptors (Lipinski definition) is 3. The largest absolute Gasteiger partial charge is 0.317 e. The second kappa shape index (κ2) is 5.80. The first-order valence-electron chi connectivity index (χ1n) is 6.26. The third-order valence-electron chi connectivity index (χ3n) is 3.23. The first kappa shape index (κ1) is 12.1. The molecular formula is C13H22N2S. The minimum Gasteiger partial charge on any atom is -0.317 e. The van der Waals surface area contributed by atoms with Gasteiger partial charge >= 0.3 is 0 Å². The summed E-state index contributed by atoms with van der Waals surface area (Å²) in [6.45, 7) is 10.3. The molecule has 2 nitrogen and oxygen atoms in total. The molecule has 1 aliphatic heterocycles. The van der Waals surface area contributed by atoms with Crippen LogP contribution in [-0.4, -0.2) is 31.1 Å². The summed E-state index contributed by atoms with van der Waals surface area (Å²) in [5, 5.41) is 3.45. The van der Waals surface area contributed by atoms with Crippen molar-refractivity contribution < 1.29 is 0 Å². The second-order valence-electron chi connectivity index (χ2n) is 4.71. The van der Waals surface area contributed by atoms with Crippen LogP contribution in [0.3, 0.4) is 0 Å². The Hall–Kier alpha value is -0.380. The van der Waals surface area contributed by atoms with Crippen LogP contribution in [0.2, 0.25) is 0 Å². The number of aryl methyl sites for hydroxylation is 1. The van der Waals surface area contributed by atoms with Crippen LogP contribution in [0.15, 0.2) is 12.1 Å². The molecule has 1 aromatic rings. The molecule has 1 atom stereocenters. The summed E-state index contributed by atoms with van der Waals surface area (Å²) >= 11 is 1.94. The maximum atomic E-state index is 3.45. The minimum atomic E-state index is 0.862. The van der Waals surface area contributed by atoms with Gasteiger partial charge in [0.2, 0.25) is 0 Å². The predicted molar refractivity (Wildman–Crippen MR) is 71.0 cm³/mol. The number of rotatable bonds is 5. The van der Waals surface area contributed by atoms with E-state index in [1.807, 2.05) is 11.3 Å². The molecule has 2 heterocycles. The van der Waals surface area contributed by atoms with E-state index in [0.29, 0.717) is 0 Å². The molecule has 16 heavy (non-hydrogen) atoms. The van der Waals surface area contributed by atoms with Crippen LogP contribution in [0, 0.1) is 12.8 Å². The van der Waals surface area contributed by atoms with E-state index < -0.39 is 0 Å². The molecule has 2 rings (SSSR count). The quantitative estimate of drug-likeness (QED) is 0.848. The number of thiophene rings is 1. The fraction of sp³-hybridized carbons (Fsp3) is 0.692. The summed E-state index contributed by atoms with van der Waals surface area (Å²) in [5.74, 6) is 0.862. The standard InChI is InChI=1S/C13H22N2S/c1-3-14-8-12-6-7-15(9-12)10-13-5-4-11(2)16-13/h4-5,12,14H,3,6-10H2,1-2H3. The van der Waals surface area contributed by atoms with Gasteiger partial charge in [0.1, 0.15) is 0 Å². The van der Waals surface area contributed by atoms with Gasteiger partial charge in [-0.05, 0) is 51.0 Å². The monoisotopic (exact) mass is 238 g/mol. The Morgan fingerprint density at radius 3 is 3.06 bits per heavy atom. The molecule has 1 unspecified atom stereocenters. The van der Waals surface area contributed by atoms with Gasteiger partial charge in [0.15, 0.2) is 0 Å². The molecule has 0 saturated carbocycles. The van der Waals surface area contributed by atoms with Crippen molar-refractivity contribution in [3.8, 4) is 0 Å². The molecule has 1 fully saturated rings. The topological polar surface area (TPSA) is 15.3 Å². The van der Waals surface area contributed by atoms with Crippen molar-refractivity contribution in [3.63, 3.8) is 0 Å². The molecule has 0 aliphatic carbocycles. The Morgan fingerprint density at radius 1 is 1.50 bits per heavy atom. The van der Waals surface area contributed by atoms with Gasteiger partial charge in [-0.15, -0.1) is 11.3 Å². The van der Waals surface area contributed by atoms with Crippen molar-refractivity contribution in [1.82, 2.24) is 10.2 Å². The lowest BCUT2D eigenvalue weighted by Gasteiger charge is -2.15. The summed E-state index contributed by atoms with van der Waals surface area (Å²) in [4.78, 5) is 5.53. The van der Waals surface area contributed by atoms with Gasteiger partial charge in [0.25, 0.3) is 0 Å². The third kappa shape index (κ3) is 3.30. The number of likely N-dealkylation sites (tertiary alicyclic amines) is 1. The Labute approximate surface area is 103 Å². The van der Waals surface area contributed by atoms with Crippen LogP contribution in [0.25, 0.3) is 0 Å². The molecular weight excluding hydrogens is 216 g/mol. The van der Waals surface area contributed by atoms with Crippen LogP contribution in [-0.2, 0) is 6.54 Å². The summed E-state index contributed by atoms with van der Waals surface area (Å²) < 4.78 is 0. The van der Waals surface area contributed by atoms with Gasteiger partial charge in [-0.3, -0.25) is 4.90 Å². The van der Waals surface area contributed by atoms with Crippen molar-refractivity contribution in [1.29, 1.82) is 0 Å². The molecule has 1 aromatic heterocycles. The molecule has 1 aliphatic rings. The lowest BCUT2D eigenvalue weighted by Crippen LogP contribution is -2.25. The smallest absolute Gasteiger partial charge is 0.0328 e. The van der Waals surface area contributed by atoms with Crippen molar-refractivity contribution in [2.45, 2.75) is 26.8 Å². The Kier molecular flexibility index (Phi) is 4.38. The van der Waals surface area contributed by atoms with Gasteiger partial charge in [-0.1, -0.05) is 6.92 Å². The normalized spacial score (nSPS) is 21.8. The molecule has 90 valence electrons. The highest BCUT2D eigenvalue weighted by Crippen LogP contribution is 2.22. The van der Waals surface area contributed by atoms with E-state index in [-0.39, 0.29) is 0 Å². The first-order chi connectivity index (χ1) is 7.78. The van der Waals surface area contributed by atoms with Crippen LogP contribution >= 0.6 is 11.3 Å². The zero-order chi connectivity index (χ0) is 11.4. The summed E-state index contributed by atoms with van der Waals surface area (Å²) in [7, 11) is 0. The van der Waals surface area contributed by atoms with Crippen LogP contribution in [0.5, 0.6) is 0 Å². The Morgan fingerprint density at radius 2 is 2.38 bits per heavy atom. The molecule has 0 radical (unpaired) electrons. The van der Waals surface area contributed by atoms with E-state index in [2.05, 4.69) is 36.2 Å². The number of nitrogens with zero attached hydrogens (tertiary/aromatic N) is 1. The molecule has 3 heteroatoms. The van der Waals surface area contributed by atoms with Gasteiger partial charge in [0, 0.05) is 22.8 Å². The lowest BCUT2D eigenvalue weighted by molar-refractivity contribution is 0.317.